The number of nitrogens with one attached hydrogen (secondary N) is 4. The van der Waals surface area contributed by atoms with E-state index in [0.29, 0.717) is 36.3 Å². The van der Waals surface area contributed by atoms with Gasteiger partial charge in [0.25, 0.3) is 11.8 Å². The zero-order valence-electron chi connectivity index (χ0n) is 25.5. The van der Waals surface area contributed by atoms with Crippen molar-refractivity contribution in [3.05, 3.63) is 59.7 Å². The molecule has 42 heavy (non-hydrogen) atoms. The maximum Gasteiger partial charge on any atom is 0.500 e. The van der Waals surface area contributed by atoms with Gasteiger partial charge in [0.15, 0.2) is 0 Å². The van der Waals surface area contributed by atoms with Crippen LogP contribution in [-0.2, 0) is 26.6 Å². The molecule has 2 aromatic carbocycles. The molecular formula is C28H46N4O8Si2. The number of carbonyl (C=O) groups is 2. The van der Waals surface area contributed by atoms with Crippen molar-refractivity contribution in [3.8, 4) is 0 Å². The van der Waals surface area contributed by atoms with Crippen molar-refractivity contribution in [2.24, 2.45) is 0 Å². The molecule has 0 saturated carbocycles. The maximum absolute atomic E-state index is 12.9. The Morgan fingerprint density at radius 3 is 1.21 bits per heavy atom. The zero-order valence-corrected chi connectivity index (χ0v) is 27.5. The van der Waals surface area contributed by atoms with Crippen LogP contribution in [-0.4, -0.2) is 98.3 Å². The van der Waals surface area contributed by atoms with E-state index in [2.05, 4.69) is 21.3 Å². The van der Waals surface area contributed by atoms with Gasteiger partial charge in [0.1, 0.15) is 0 Å². The monoisotopic (exact) mass is 622 g/mol. The molecule has 234 valence electrons. The van der Waals surface area contributed by atoms with Gasteiger partial charge in [-0.05, 0) is 37.1 Å². The number of anilines is 2. The summed E-state index contributed by atoms with van der Waals surface area (Å²) in [7, 11) is 4.25. The van der Waals surface area contributed by atoms with E-state index in [0.717, 1.165) is 24.2 Å². The van der Waals surface area contributed by atoms with Crippen molar-refractivity contribution in [1.29, 1.82) is 0 Å². The summed E-state index contributed by atoms with van der Waals surface area (Å²) >= 11 is 0. The van der Waals surface area contributed by atoms with Crippen LogP contribution in [0, 0.1) is 0 Å². The summed E-state index contributed by atoms with van der Waals surface area (Å²) < 4.78 is 32.8. The van der Waals surface area contributed by atoms with Crippen molar-refractivity contribution >= 4 is 40.8 Å². The standard InChI is InChI=1S/C28H46N4O8Si2/c1-35-41(36-2,37-3)21-11-17-29-25-15-9-7-13-23(25)27(33)31-19-20-32-28(34)24-14-8-10-16-26(24)30-18-12-22-42(38-4,39-5)40-6/h7-10,13-16,29-30H,11-12,17-22H2,1-6H3,(H,31,33)(H,32,34). The smallest absolute Gasteiger partial charge is 0.384 e. The van der Waals surface area contributed by atoms with E-state index in [1.54, 1.807) is 54.8 Å². The first-order valence-electron chi connectivity index (χ1n) is 13.9. The fraction of sp³-hybridized carbons (Fsp3) is 0.500. The van der Waals surface area contributed by atoms with Crippen LogP contribution >= 0.6 is 0 Å². The quantitative estimate of drug-likeness (QED) is 0.121. The summed E-state index contributed by atoms with van der Waals surface area (Å²) in [6.07, 6.45) is 1.49. The molecule has 0 heterocycles. The summed E-state index contributed by atoms with van der Waals surface area (Å²) in [5, 5.41) is 12.4. The third-order valence-corrected chi connectivity index (χ3v) is 12.5. The first-order chi connectivity index (χ1) is 20.3. The first-order valence-corrected chi connectivity index (χ1v) is 17.7. The molecule has 4 N–H and O–H groups in total. The van der Waals surface area contributed by atoms with Crippen molar-refractivity contribution in [2.45, 2.75) is 24.9 Å². The molecule has 2 rings (SSSR count). The first kappa shape index (κ1) is 35.4. The molecule has 0 aromatic heterocycles. The Hall–Kier alpha value is -2.83. The predicted molar refractivity (Wildman–Crippen MR) is 167 cm³/mol. The third kappa shape index (κ3) is 10.5. The Kier molecular flexibility index (Phi) is 15.7. The lowest BCUT2D eigenvalue weighted by Gasteiger charge is -2.24. The second-order valence-electron chi connectivity index (χ2n) is 9.25. The molecule has 0 aliphatic carbocycles. The summed E-state index contributed by atoms with van der Waals surface area (Å²) in [6, 6.07) is 15.9. The molecule has 14 heteroatoms. The van der Waals surface area contributed by atoms with E-state index >= 15 is 0 Å². The number of hydrogen-bond acceptors (Lipinski definition) is 10. The average molecular weight is 623 g/mol. The van der Waals surface area contributed by atoms with Gasteiger partial charge in [-0.2, -0.15) is 0 Å². The largest absolute Gasteiger partial charge is 0.500 e. The van der Waals surface area contributed by atoms with E-state index in [9.17, 15) is 9.59 Å². The highest BCUT2D eigenvalue weighted by atomic mass is 28.4. The second kappa shape index (κ2) is 18.7. The summed E-state index contributed by atoms with van der Waals surface area (Å²) in [4.78, 5) is 25.8. The number of para-hydroxylation sites is 2. The van der Waals surface area contributed by atoms with Gasteiger partial charge in [0.05, 0.1) is 11.1 Å². The third-order valence-electron chi connectivity index (χ3n) is 6.86. The lowest BCUT2D eigenvalue weighted by Crippen LogP contribution is -2.42. The Bertz CT molecular complexity index is 1000. The Morgan fingerprint density at radius 1 is 0.548 bits per heavy atom. The lowest BCUT2D eigenvalue weighted by atomic mass is 10.1. The molecular weight excluding hydrogens is 577 g/mol. The highest BCUT2D eigenvalue weighted by Gasteiger charge is 2.37. The lowest BCUT2D eigenvalue weighted by molar-refractivity contribution is 0.0928. The highest BCUT2D eigenvalue weighted by molar-refractivity contribution is 6.60. The van der Waals surface area contributed by atoms with Crippen molar-refractivity contribution in [3.63, 3.8) is 0 Å². The van der Waals surface area contributed by atoms with Crippen LogP contribution in [0.2, 0.25) is 12.1 Å². The Labute approximate surface area is 251 Å². The molecule has 2 aromatic rings. The normalized spacial score (nSPS) is 11.7. The number of hydrogen-bond donors (Lipinski definition) is 4. The molecule has 0 aliphatic heterocycles. The van der Waals surface area contributed by atoms with E-state index in [1.807, 2.05) is 36.4 Å². The fourth-order valence-electron chi connectivity index (χ4n) is 4.38. The van der Waals surface area contributed by atoms with Gasteiger partial charge in [-0.15, -0.1) is 0 Å². The average Bonchev–Trinajstić information content (AvgIpc) is 3.04. The molecule has 0 fully saturated rings. The maximum atomic E-state index is 12.9. The number of carbonyl (C=O) groups excluding carboxylic acids is 2. The zero-order chi connectivity index (χ0) is 30.8. The van der Waals surface area contributed by atoms with Gasteiger partial charge in [-0.1, -0.05) is 24.3 Å². The molecule has 0 unspecified atom stereocenters. The molecule has 12 nitrogen and oxygen atoms in total. The minimum Gasteiger partial charge on any atom is -0.384 e. The summed E-state index contributed by atoms with van der Waals surface area (Å²) in [5.41, 5.74) is 2.49. The molecule has 0 saturated heterocycles. The van der Waals surface area contributed by atoms with E-state index < -0.39 is 17.6 Å². The molecule has 0 atom stereocenters. The van der Waals surface area contributed by atoms with Crippen LogP contribution in [0.4, 0.5) is 11.4 Å². The number of benzene rings is 2. The minimum atomic E-state index is -2.64. The molecule has 0 bridgehead atoms. The van der Waals surface area contributed by atoms with Gasteiger partial charge in [0, 0.05) is 92.3 Å². The Morgan fingerprint density at radius 2 is 0.881 bits per heavy atom. The van der Waals surface area contributed by atoms with Gasteiger partial charge < -0.3 is 47.8 Å². The summed E-state index contributed by atoms with van der Waals surface area (Å²) in [5.74, 6) is -0.460. The minimum absolute atomic E-state index is 0.230. The predicted octanol–water partition coefficient (Wildman–Crippen LogP) is 3.21. The van der Waals surface area contributed by atoms with Crippen molar-refractivity contribution in [2.75, 3.05) is 79.5 Å². The van der Waals surface area contributed by atoms with Crippen LogP contribution < -0.4 is 21.3 Å². The molecule has 0 radical (unpaired) electrons. The van der Waals surface area contributed by atoms with E-state index in [1.165, 1.54) is 0 Å². The van der Waals surface area contributed by atoms with Gasteiger partial charge in [0.2, 0.25) is 0 Å². The summed E-state index contributed by atoms with van der Waals surface area (Å²) in [6.45, 7) is 1.78. The molecule has 0 aliphatic rings. The number of rotatable bonds is 21. The topological polar surface area (TPSA) is 138 Å². The van der Waals surface area contributed by atoms with Gasteiger partial charge >= 0.3 is 17.6 Å². The van der Waals surface area contributed by atoms with Gasteiger partial charge in [-0.25, -0.2) is 0 Å². The van der Waals surface area contributed by atoms with E-state index in [-0.39, 0.29) is 24.9 Å². The SMILES string of the molecule is CO[Si](CCCNc1ccccc1C(=O)NCCNC(=O)c1ccccc1NCCC[Si](OC)(OC)OC)(OC)OC. The van der Waals surface area contributed by atoms with Crippen molar-refractivity contribution in [1.82, 2.24) is 10.6 Å². The Balaban J connectivity index is 1.82. The van der Waals surface area contributed by atoms with Crippen LogP contribution in [0.25, 0.3) is 0 Å². The molecule has 0 spiro atoms. The number of amides is 2. The van der Waals surface area contributed by atoms with Crippen molar-refractivity contribution < 1.29 is 36.1 Å². The van der Waals surface area contributed by atoms with Crippen LogP contribution in [0.3, 0.4) is 0 Å². The van der Waals surface area contributed by atoms with Gasteiger partial charge in [-0.3, -0.25) is 9.59 Å². The van der Waals surface area contributed by atoms with Crippen LogP contribution in [0.15, 0.2) is 48.5 Å². The van der Waals surface area contributed by atoms with Crippen LogP contribution in [0.1, 0.15) is 33.6 Å². The van der Waals surface area contributed by atoms with E-state index in [4.69, 9.17) is 26.6 Å². The fourth-order valence-corrected chi connectivity index (χ4v) is 7.83. The highest BCUT2D eigenvalue weighted by Crippen LogP contribution is 2.19. The molecule has 2 amide bonds. The van der Waals surface area contributed by atoms with Crippen LogP contribution in [0.5, 0.6) is 0 Å². The second-order valence-corrected chi connectivity index (χ2v) is 15.4.